The topological polar surface area (TPSA) is 98.7 Å². The molecule has 226 valence electrons. The predicted molar refractivity (Wildman–Crippen MR) is 142 cm³/mol. The number of fused-ring (bicyclic) bond motifs is 1. The van der Waals surface area contributed by atoms with Crippen molar-refractivity contribution in [3.63, 3.8) is 0 Å². The van der Waals surface area contributed by atoms with Crippen LogP contribution in [0.15, 0.2) is 66.2 Å². The van der Waals surface area contributed by atoms with Gasteiger partial charge in [-0.1, -0.05) is 29.8 Å². The smallest absolute Gasteiger partial charge is 0.433 e. The van der Waals surface area contributed by atoms with E-state index in [9.17, 15) is 41.0 Å². The zero-order valence-electron chi connectivity index (χ0n) is 22.8. The molecule has 2 aromatic carbocycles. The van der Waals surface area contributed by atoms with Gasteiger partial charge >= 0.3 is 12.4 Å². The van der Waals surface area contributed by atoms with Crippen molar-refractivity contribution >= 4 is 17.5 Å². The Bertz CT molecular complexity index is 1640. The molecule has 0 radical (unpaired) electrons. The van der Waals surface area contributed by atoms with Crippen LogP contribution in [-0.2, 0) is 28.5 Å². The number of alkyl halides is 6. The number of hydrogen-bond donors (Lipinski definition) is 2. The normalized spacial score (nSPS) is 19.5. The number of benzene rings is 2. The number of aliphatic hydroxyl groups excluding tert-OH is 1. The molecule has 8 nitrogen and oxygen atoms in total. The summed E-state index contributed by atoms with van der Waals surface area (Å²) in [4.78, 5) is 34.2. The maximum absolute atomic E-state index is 13.7. The molecule has 3 aromatic rings. The summed E-state index contributed by atoms with van der Waals surface area (Å²) >= 11 is 0. The molecule has 2 amide bonds. The van der Waals surface area contributed by atoms with Crippen LogP contribution in [0.25, 0.3) is 11.3 Å². The van der Waals surface area contributed by atoms with Gasteiger partial charge < -0.3 is 10.4 Å². The minimum absolute atomic E-state index is 0.0762. The van der Waals surface area contributed by atoms with E-state index < -0.39 is 63.6 Å². The van der Waals surface area contributed by atoms with E-state index in [0.717, 1.165) is 17.2 Å². The monoisotopic (exact) mass is 605 g/mol. The number of nitrogens with one attached hydrogen (secondary N) is 1. The van der Waals surface area contributed by atoms with E-state index in [0.29, 0.717) is 43.9 Å². The van der Waals surface area contributed by atoms with Crippen LogP contribution in [-0.4, -0.2) is 49.0 Å². The number of halogens is 6. The molecule has 43 heavy (non-hydrogen) atoms. The molecule has 1 atom stereocenters. The Hall–Kier alpha value is -4.46. The Balaban J connectivity index is 1.56. The molecule has 0 saturated carbocycles. The van der Waals surface area contributed by atoms with Gasteiger partial charge in [-0.25, -0.2) is 15.0 Å². The second kappa shape index (κ2) is 10.7. The largest absolute Gasteiger partial charge is 0.509 e. The number of aliphatic hydroxyl groups is 1. The Morgan fingerprint density at radius 1 is 1.05 bits per heavy atom. The lowest BCUT2D eigenvalue weighted by molar-refractivity contribution is -0.160. The summed E-state index contributed by atoms with van der Waals surface area (Å²) in [6.07, 6.45) is -8.24. The molecule has 1 aromatic heterocycles. The van der Waals surface area contributed by atoms with Crippen LogP contribution in [0.5, 0.6) is 0 Å². The number of anilines is 1. The van der Waals surface area contributed by atoms with Crippen LogP contribution in [0.4, 0.5) is 32.0 Å². The van der Waals surface area contributed by atoms with Gasteiger partial charge in [0, 0.05) is 12.1 Å². The quantitative estimate of drug-likeness (QED) is 0.272. The highest BCUT2D eigenvalue weighted by Gasteiger charge is 2.52. The summed E-state index contributed by atoms with van der Waals surface area (Å²) in [6, 6.07) is 9.83. The molecule has 0 bridgehead atoms. The molecule has 3 heterocycles. The molecular formula is C29H25F6N5O3. The predicted octanol–water partition coefficient (Wildman–Crippen LogP) is 6.05. The highest BCUT2D eigenvalue weighted by atomic mass is 19.4. The van der Waals surface area contributed by atoms with Gasteiger partial charge in [0.2, 0.25) is 0 Å². The van der Waals surface area contributed by atoms with Crippen LogP contribution < -0.4 is 5.32 Å². The van der Waals surface area contributed by atoms with E-state index in [1.54, 1.807) is 18.0 Å². The first-order chi connectivity index (χ1) is 20.1. The first kappa shape index (κ1) is 30.0. The molecule has 0 aliphatic carbocycles. The maximum Gasteiger partial charge on any atom is 0.433 e. The number of rotatable bonds is 5. The van der Waals surface area contributed by atoms with Crippen molar-refractivity contribution in [1.29, 1.82) is 0 Å². The maximum atomic E-state index is 13.7. The van der Waals surface area contributed by atoms with E-state index >= 15 is 0 Å². The minimum Gasteiger partial charge on any atom is -0.509 e. The molecule has 2 aliphatic rings. The molecule has 1 saturated heterocycles. The van der Waals surface area contributed by atoms with Crippen LogP contribution in [0.3, 0.4) is 0 Å². The van der Waals surface area contributed by atoms with Gasteiger partial charge in [-0.15, -0.1) is 0 Å². The van der Waals surface area contributed by atoms with Gasteiger partial charge in [0.25, 0.3) is 11.8 Å². The van der Waals surface area contributed by atoms with Gasteiger partial charge in [-0.2, -0.15) is 26.3 Å². The standard InChI is InChI=1S/C29H25F6N5O3/c1-16-5-3-6-17(11-16)14-39-26(43)23(24(41)27(2)9-4-10-40(27)39)25(42)38-20-8-7-18(28(30,31)32)12-19(20)21-13-22(29(33,34)35)37-15-36-21/h3,5-8,11-13,15,41H,4,9-10,14H2,1-2H3,(H,38,42)/t27-/m1/s1. The van der Waals surface area contributed by atoms with E-state index in [1.807, 2.05) is 25.1 Å². The van der Waals surface area contributed by atoms with Crippen molar-refractivity contribution in [2.24, 2.45) is 0 Å². The lowest BCUT2D eigenvalue weighted by Crippen LogP contribution is -2.60. The number of hydrazine groups is 1. The minimum atomic E-state index is -4.92. The van der Waals surface area contributed by atoms with Gasteiger partial charge in [0.15, 0.2) is 0 Å². The van der Waals surface area contributed by atoms with Gasteiger partial charge in [-0.3, -0.25) is 14.6 Å². The zero-order chi connectivity index (χ0) is 31.3. The molecule has 2 aliphatic heterocycles. The Kier molecular flexibility index (Phi) is 7.45. The lowest BCUT2D eigenvalue weighted by atomic mass is 9.90. The fourth-order valence-electron chi connectivity index (χ4n) is 5.42. The Morgan fingerprint density at radius 2 is 1.79 bits per heavy atom. The molecule has 1 fully saturated rings. The van der Waals surface area contributed by atoms with Crippen molar-refractivity contribution in [1.82, 2.24) is 20.0 Å². The summed E-state index contributed by atoms with van der Waals surface area (Å²) in [5.74, 6) is -2.50. The molecule has 5 rings (SSSR count). The van der Waals surface area contributed by atoms with Gasteiger partial charge in [-0.05, 0) is 56.5 Å². The molecule has 14 heteroatoms. The molecule has 0 spiro atoms. The second-order valence-electron chi connectivity index (χ2n) is 10.6. The Morgan fingerprint density at radius 3 is 2.47 bits per heavy atom. The summed E-state index contributed by atoms with van der Waals surface area (Å²) in [7, 11) is 0. The summed E-state index contributed by atoms with van der Waals surface area (Å²) in [6.45, 7) is 4.04. The van der Waals surface area contributed by atoms with E-state index in [4.69, 9.17) is 0 Å². The number of carbonyl (C=O) groups excluding carboxylic acids is 2. The number of aryl methyl sites for hydroxylation is 1. The van der Waals surface area contributed by atoms with Gasteiger partial charge in [0.05, 0.1) is 29.0 Å². The highest BCUT2D eigenvalue weighted by Crippen LogP contribution is 2.42. The first-order valence-electron chi connectivity index (χ1n) is 13.1. The van der Waals surface area contributed by atoms with E-state index in [-0.39, 0.29) is 12.2 Å². The third kappa shape index (κ3) is 5.66. The second-order valence-corrected chi connectivity index (χ2v) is 10.6. The third-order valence-corrected chi connectivity index (χ3v) is 7.56. The number of hydrogen-bond acceptors (Lipinski definition) is 6. The van der Waals surface area contributed by atoms with Crippen molar-refractivity contribution in [2.45, 2.75) is 51.1 Å². The molecule has 0 unspecified atom stereocenters. The van der Waals surface area contributed by atoms with Crippen molar-refractivity contribution in [2.75, 3.05) is 11.9 Å². The van der Waals surface area contributed by atoms with Crippen molar-refractivity contribution in [3.05, 3.63) is 88.6 Å². The molecular weight excluding hydrogens is 580 g/mol. The molecule has 2 N–H and O–H groups in total. The van der Waals surface area contributed by atoms with Crippen LogP contribution in [0.1, 0.15) is 42.1 Å². The first-order valence-corrected chi connectivity index (χ1v) is 13.1. The summed E-state index contributed by atoms with van der Waals surface area (Å²) < 4.78 is 80.7. The lowest BCUT2D eigenvalue weighted by Gasteiger charge is -2.46. The fourth-order valence-corrected chi connectivity index (χ4v) is 5.42. The van der Waals surface area contributed by atoms with E-state index in [2.05, 4.69) is 15.3 Å². The zero-order valence-corrected chi connectivity index (χ0v) is 22.8. The number of aromatic nitrogens is 2. The highest BCUT2D eigenvalue weighted by molar-refractivity contribution is 6.24. The van der Waals surface area contributed by atoms with Gasteiger partial charge in [0.1, 0.15) is 23.4 Å². The third-order valence-electron chi connectivity index (χ3n) is 7.56. The Labute approximate surface area is 241 Å². The van der Waals surface area contributed by atoms with Crippen molar-refractivity contribution in [3.8, 4) is 11.3 Å². The number of nitrogens with zero attached hydrogens (tertiary/aromatic N) is 4. The van der Waals surface area contributed by atoms with E-state index in [1.165, 1.54) is 5.01 Å². The summed E-state index contributed by atoms with van der Waals surface area (Å²) in [5, 5.41) is 16.6. The average molecular weight is 606 g/mol. The fraction of sp³-hybridized carbons (Fsp3) is 0.310. The average Bonchev–Trinajstić information content (AvgIpc) is 3.33. The van der Waals surface area contributed by atoms with Crippen molar-refractivity contribution < 1.29 is 41.0 Å². The summed E-state index contributed by atoms with van der Waals surface area (Å²) in [5.41, 5.74) is -4.06. The number of carbonyl (C=O) groups is 2. The van der Waals surface area contributed by atoms with Crippen LogP contribution in [0.2, 0.25) is 0 Å². The SMILES string of the molecule is Cc1cccc(CN2C(=O)C(C(=O)Nc3ccc(C(F)(F)F)cc3-c3cc(C(F)(F)F)ncn3)=C(O)[C@@]3(C)CCCN23)c1. The van der Waals surface area contributed by atoms with Crippen LogP contribution in [0, 0.1) is 6.92 Å². The number of amides is 2. The van der Waals surface area contributed by atoms with Crippen LogP contribution >= 0.6 is 0 Å².